The van der Waals surface area contributed by atoms with Crippen LogP contribution in [-0.4, -0.2) is 37.3 Å². The Morgan fingerprint density at radius 2 is 2.14 bits per heavy atom. The maximum absolute atomic E-state index is 12.3. The second kappa shape index (κ2) is 7.31. The van der Waals surface area contributed by atoms with Gasteiger partial charge in [-0.2, -0.15) is 17.4 Å². The molecule has 1 aliphatic heterocycles. The first kappa shape index (κ1) is 16.4. The first-order chi connectivity index (χ1) is 10.1. The first-order valence-electron chi connectivity index (χ1n) is 7.44. The van der Waals surface area contributed by atoms with Gasteiger partial charge in [0, 0.05) is 19.3 Å². The van der Waals surface area contributed by atoms with Gasteiger partial charge in [-0.1, -0.05) is 13.0 Å². The number of hydrogen-bond acceptors (Lipinski definition) is 4. The molecule has 0 aromatic carbocycles. The Kier molecular flexibility index (Phi) is 5.69. The summed E-state index contributed by atoms with van der Waals surface area (Å²) in [7, 11) is -3.44. The van der Waals surface area contributed by atoms with Crippen molar-refractivity contribution in [3.63, 3.8) is 0 Å². The molecule has 1 aromatic heterocycles. The molecular formula is C14H24N4O2S. The zero-order chi connectivity index (χ0) is 15.3. The molecule has 3 N–H and O–H groups in total. The molecule has 0 unspecified atom stereocenters. The summed E-state index contributed by atoms with van der Waals surface area (Å²) in [6, 6.07) is 3.85. The Labute approximate surface area is 126 Å². The molecule has 0 spiro atoms. The SMILES string of the molecule is CCc1cccnc1CNS(=O)(=O)N1CCC(CN)CC1. The normalized spacial score (nSPS) is 18.0. The van der Waals surface area contributed by atoms with Crippen molar-refractivity contribution in [1.29, 1.82) is 0 Å². The van der Waals surface area contributed by atoms with Crippen molar-refractivity contribution in [2.45, 2.75) is 32.7 Å². The van der Waals surface area contributed by atoms with E-state index in [1.807, 2.05) is 19.1 Å². The molecular weight excluding hydrogens is 288 g/mol. The number of piperidine rings is 1. The van der Waals surface area contributed by atoms with Gasteiger partial charge in [-0.25, -0.2) is 0 Å². The van der Waals surface area contributed by atoms with Crippen molar-refractivity contribution in [3.8, 4) is 0 Å². The first-order valence-corrected chi connectivity index (χ1v) is 8.88. The molecule has 1 saturated heterocycles. The highest BCUT2D eigenvalue weighted by atomic mass is 32.2. The summed E-state index contributed by atoms with van der Waals surface area (Å²) in [4.78, 5) is 4.26. The lowest BCUT2D eigenvalue weighted by Crippen LogP contribution is -2.45. The molecule has 0 saturated carbocycles. The van der Waals surface area contributed by atoms with E-state index in [4.69, 9.17) is 5.73 Å². The van der Waals surface area contributed by atoms with Gasteiger partial charge in [0.25, 0.3) is 10.2 Å². The third-order valence-corrected chi connectivity index (χ3v) is 5.59. The van der Waals surface area contributed by atoms with Gasteiger partial charge in [0.2, 0.25) is 0 Å². The fourth-order valence-electron chi connectivity index (χ4n) is 2.59. The molecule has 118 valence electrons. The quantitative estimate of drug-likeness (QED) is 0.807. The lowest BCUT2D eigenvalue weighted by Gasteiger charge is -2.30. The monoisotopic (exact) mass is 312 g/mol. The van der Waals surface area contributed by atoms with Gasteiger partial charge < -0.3 is 5.73 Å². The Morgan fingerprint density at radius 3 is 2.76 bits per heavy atom. The number of pyridine rings is 1. The summed E-state index contributed by atoms with van der Waals surface area (Å²) in [6.45, 7) is 3.99. The highest BCUT2D eigenvalue weighted by Crippen LogP contribution is 2.18. The maximum atomic E-state index is 12.3. The van der Waals surface area contributed by atoms with Crippen LogP contribution in [-0.2, 0) is 23.2 Å². The van der Waals surface area contributed by atoms with Crippen molar-refractivity contribution < 1.29 is 8.42 Å². The fourth-order valence-corrected chi connectivity index (χ4v) is 3.78. The fraction of sp³-hybridized carbons (Fsp3) is 0.643. The van der Waals surface area contributed by atoms with Crippen LogP contribution in [0.5, 0.6) is 0 Å². The summed E-state index contributed by atoms with van der Waals surface area (Å²) < 4.78 is 28.8. The molecule has 21 heavy (non-hydrogen) atoms. The number of rotatable bonds is 6. The van der Waals surface area contributed by atoms with Crippen molar-refractivity contribution >= 4 is 10.2 Å². The number of nitrogens with zero attached hydrogens (tertiary/aromatic N) is 2. The predicted molar refractivity (Wildman–Crippen MR) is 82.7 cm³/mol. The van der Waals surface area contributed by atoms with Gasteiger partial charge in [-0.3, -0.25) is 4.98 Å². The van der Waals surface area contributed by atoms with Gasteiger partial charge >= 0.3 is 0 Å². The van der Waals surface area contributed by atoms with Gasteiger partial charge in [0.1, 0.15) is 0 Å². The average molecular weight is 312 g/mol. The van der Waals surface area contributed by atoms with E-state index >= 15 is 0 Å². The van der Waals surface area contributed by atoms with Crippen LogP contribution in [0.15, 0.2) is 18.3 Å². The summed E-state index contributed by atoms with van der Waals surface area (Å²) in [5.41, 5.74) is 7.50. The summed E-state index contributed by atoms with van der Waals surface area (Å²) >= 11 is 0. The number of aromatic nitrogens is 1. The summed E-state index contributed by atoms with van der Waals surface area (Å²) in [6.07, 6.45) is 4.20. The number of hydrogen-bond donors (Lipinski definition) is 2. The van der Waals surface area contributed by atoms with E-state index in [-0.39, 0.29) is 6.54 Å². The lowest BCUT2D eigenvalue weighted by molar-refractivity contribution is 0.275. The minimum absolute atomic E-state index is 0.239. The summed E-state index contributed by atoms with van der Waals surface area (Å²) in [5, 5.41) is 0. The molecule has 0 bridgehead atoms. The summed E-state index contributed by atoms with van der Waals surface area (Å²) in [5.74, 6) is 0.443. The van der Waals surface area contributed by atoms with Crippen LogP contribution in [0.25, 0.3) is 0 Å². The second-order valence-electron chi connectivity index (χ2n) is 5.37. The van der Waals surface area contributed by atoms with Crippen molar-refractivity contribution in [3.05, 3.63) is 29.6 Å². The highest BCUT2D eigenvalue weighted by molar-refractivity contribution is 7.87. The zero-order valence-corrected chi connectivity index (χ0v) is 13.3. The average Bonchev–Trinajstić information content (AvgIpc) is 2.53. The highest BCUT2D eigenvalue weighted by Gasteiger charge is 2.27. The van der Waals surface area contributed by atoms with Gasteiger partial charge in [-0.05, 0) is 43.4 Å². The third kappa shape index (κ3) is 4.23. The standard InChI is InChI=1S/C14H24N4O2S/c1-2-13-4-3-7-16-14(13)11-17-21(19,20)18-8-5-12(10-15)6-9-18/h3-4,7,12,17H,2,5-6,8-11,15H2,1H3. The lowest BCUT2D eigenvalue weighted by atomic mass is 9.99. The van der Waals surface area contributed by atoms with Gasteiger partial charge in [0.15, 0.2) is 0 Å². The molecule has 7 heteroatoms. The Balaban J connectivity index is 1.95. The molecule has 0 amide bonds. The van der Waals surface area contributed by atoms with Gasteiger partial charge in [-0.15, -0.1) is 0 Å². The van der Waals surface area contributed by atoms with Crippen LogP contribution in [0.4, 0.5) is 0 Å². The third-order valence-electron chi connectivity index (χ3n) is 4.03. The Morgan fingerprint density at radius 1 is 1.43 bits per heavy atom. The van der Waals surface area contributed by atoms with E-state index in [2.05, 4.69) is 9.71 Å². The van der Waals surface area contributed by atoms with Crippen molar-refractivity contribution in [1.82, 2.24) is 14.0 Å². The van der Waals surface area contributed by atoms with E-state index in [9.17, 15) is 8.42 Å². The van der Waals surface area contributed by atoms with E-state index in [0.29, 0.717) is 25.6 Å². The largest absolute Gasteiger partial charge is 0.330 e. The molecule has 0 aliphatic carbocycles. The van der Waals surface area contributed by atoms with E-state index in [1.165, 1.54) is 4.31 Å². The molecule has 1 aliphatic rings. The number of nitrogens with two attached hydrogens (primary N) is 1. The minimum Gasteiger partial charge on any atom is -0.330 e. The maximum Gasteiger partial charge on any atom is 0.279 e. The molecule has 2 rings (SSSR count). The van der Waals surface area contributed by atoms with Crippen LogP contribution >= 0.6 is 0 Å². The Hall–Kier alpha value is -1.02. The topological polar surface area (TPSA) is 88.3 Å². The Bertz CT molecular complexity index is 554. The van der Waals surface area contributed by atoms with Crippen LogP contribution in [0.3, 0.4) is 0 Å². The molecule has 0 radical (unpaired) electrons. The molecule has 6 nitrogen and oxygen atoms in total. The van der Waals surface area contributed by atoms with Crippen LogP contribution in [0, 0.1) is 5.92 Å². The van der Waals surface area contributed by atoms with Crippen molar-refractivity contribution in [2.24, 2.45) is 11.7 Å². The van der Waals surface area contributed by atoms with Crippen LogP contribution in [0.1, 0.15) is 31.0 Å². The van der Waals surface area contributed by atoms with E-state index < -0.39 is 10.2 Å². The molecule has 1 aromatic rings. The van der Waals surface area contributed by atoms with Gasteiger partial charge in [0.05, 0.1) is 12.2 Å². The smallest absolute Gasteiger partial charge is 0.279 e. The number of aryl methyl sites for hydroxylation is 1. The van der Waals surface area contributed by atoms with Crippen LogP contribution < -0.4 is 10.5 Å². The van der Waals surface area contributed by atoms with E-state index in [1.54, 1.807) is 6.20 Å². The molecule has 1 fully saturated rings. The zero-order valence-electron chi connectivity index (χ0n) is 12.5. The van der Waals surface area contributed by atoms with Crippen molar-refractivity contribution in [2.75, 3.05) is 19.6 Å². The minimum atomic E-state index is -3.44. The van der Waals surface area contributed by atoms with Crippen LogP contribution in [0.2, 0.25) is 0 Å². The van der Waals surface area contributed by atoms with E-state index in [0.717, 1.165) is 30.5 Å². The molecule has 2 heterocycles. The number of nitrogens with one attached hydrogen (secondary N) is 1. The predicted octanol–water partition coefficient (Wildman–Crippen LogP) is 0.649. The molecule has 0 atom stereocenters. The second-order valence-corrected chi connectivity index (χ2v) is 7.12.